The van der Waals surface area contributed by atoms with Crippen molar-refractivity contribution in [2.24, 2.45) is 0 Å². The van der Waals surface area contributed by atoms with Crippen LogP contribution in [-0.4, -0.2) is 72.6 Å². The molecule has 1 atom stereocenters. The molecule has 154 valence electrons. The number of fused-ring (bicyclic) bond motifs is 1. The summed E-state index contributed by atoms with van der Waals surface area (Å²) in [5.41, 5.74) is 2.59. The maximum absolute atomic E-state index is 5.44. The van der Waals surface area contributed by atoms with Gasteiger partial charge < -0.3 is 19.4 Å². The average Bonchev–Trinajstić information content (AvgIpc) is 3.29. The first-order chi connectivity index (χ1) is 14.3. The van der Waals surface area contributed by atoms with E-state index < -0.39 is 0 Å². The van der Waals surface area contributed by atoms with Gasteiger partial charge in [-0.2, -0.15) is 10.1 Å². The molecule has 0 radical (unpaired) electrons. The van der Waals surface area contributed by atoms with E-state index in [2.05, 4.69) is 43.0 Å². The molecule has 2 aromatic heterocycles. The molecule has 1 unspecified atom stereocenters. The van der Waals surface area contributed by atoms with Crippen molar-refractivity contribution in [3.8, 4) is 0 Å². The van der Waals surface area contributed by atoms with Crippen LogP contribution in [0.3, 0.4) is 0 Å². The second-order valence-corrected chi connectivity index (χ2v) is 8.20. The van der Waals surface area contributed by atoms with Crippen molar-refractivity contribution in [2.45, 2.75) is 38.1 Å². The topological polar surface area (TPSA) is 70.5 Å². The van der Waals surface area contributed by atoms with Crippen LogP contribution in [0, 0.1) is 0 Å². The molecule has 4 heterocycles. The number of nitrogens with zero attached hydrogens (tertiary/aromatic N) is 7. The Hall–Kier alpha value is -2.48. The van der Waals surface area contributed by atoms with Gasteiger partial charge in [-0.1, -0.05) is 0 Å². The Kier molecular flexibility index (Phi) is 5.18. The van der Waals surface area contributed by atoms with Crippen LogP contribution < -0.4 is 14.7 Å². The molecule has 2 aromatic rings. The Labute approximate surface area is 171 Å². The fourth-order valence-electron chi connectivity index (χ4n) is 4.54. The lowest BCUT2D eigenvalue weighted by Crippen LogP contribution is -2.38. The number of rotatable bonds is 4. The largest absolute Gasteiger partial charge is 0.378 e. The molecule has 1 aliphatic carbocycles. The molecular formula is C21H29N7O. The first-order valence-electron chi connectivity index (χ1n) is 10.8. The summed E-state index contributed by atoms with van der Waals surface area (Å²) in [7, 11) is 2.14. The van der Waals surface area contributed by atoms with E-state index >= 15 is 0 Å². The molecule has 3 aliphatic rings. The Morgan fingerprint density at radius 3 is 2.83 bits per heavy atom. The van der Waals surface area contributed by atoms with Crippen LogP contribution in [0.15, 0.2) is 18.3 Å². The minimum atomic E-state index is 0.403. The van der Waals surface area contributed by atoms with Gasteiger partial charge in [-0.25, -0.2) is 4.98 Å². The maximum atomic E-state index is 5.44. The number of aryl methyl sites for hydroxylation is 2. The van der Waals surface area contributed by atoms with E-state index in [9.17, 15) is 0 Å². The summed E-state index contributed by atoms with van der Waals surface area (Å²) >= 11 is 0. The van der Waals surface area contributed by atoms with E-state index in [-0.39, 0.29) is 0 Å². The molecule has 8 heteroatoms. The van der Waals surface area contributed by atoms with Crippen LogP contribution in [0.5, 0.6) is 0 Å². The zero-order chi connectivity index (χ0) is 19.6. The van der Waals surface area contributed by atoms with Gasteiger partial charge in [-0.15, -0.1) is 5.10 Å². The molecule has 2 saturated heterocycles. The van der Waals surface area contributed by atoms with Crippen molar-refractivity contribution >= 4 is 17.6 Å². The maximum Gasteiger partial charge on any atom is 0.227 e. The number of anilines is 3. The highest BCUT2D eigenvalue weighted by molar-refractivity contribution is 5.48. The number of aromatic nitrogens is 4. The van der Waals surface area contributed by atoms with E-state index in [1.807, 2.05) is 12.3 Å². The lowest BCUT2D eigenvalue weighted by molar-refractivity contribution is 0.122. The van der Waals surface area contributed by atoms with Gasteiger partial charge in [0.25, 0.3) is 0 Å². The predicted octanol–water partition coefficient (Wildman–Crippen LogP) is 1.70. The molecular weight excluding hydrogens is 366 g/mol. The second kappa shape index (κ2) is 8.10. The zero-order valence-electron chi connectivity index (χ0n) is 17.1. The molecule has 0 saturated carbocycles. The summed E-state index contributed by atoms with van der Waals surface area (Å²) in [6.45, 7) is 5.12. The molecule has 0 amide bonds. The van der Waals surface area contributed by atoms with E-state index in [0.29, 0.717) is 6.04 Å². The Balaban J connectivity index is 1.27. The quantitative estimate of drug-likeness (QED) is 0.775. The normalized spacial score (nSPS) is 21.9. The van der Waals surface area contributed by atoms with Gasteiger partial charge in [0.2, 0.25) is 5.95 Å². The lowest BCUT2D eigenvalue weighted by Gasteiger charge is -2.29. The third kappa shape index (κ3) is 3.85. The molecule has 5 rings (SSSR count). The van der Waals surface area contributed by atoms with Crippen LogP contribution in [0.4, 0.5) is 17.6 Å². The predicted molar refractivity (Wildman–Crippen MR) is 113 cm³/mol. The van der Waals surface area contributed by atoms with Gasteiger partial charge in [0.1, 0.15) is 5.82 Å². The van der Waals surface area contributed by atoms with Crippen LogP contribution in [0.1, 0.15) is 30.5 Å². The van der Waals surface area contributed by atoms with Gasteiger partial charge in [0.05, 0.1) is 18.9 Å². The van der Waals surface area contributed by atoms with Gasteiger partial charge >= 0.3 is 0 Å². The van der Waals surface area contributed by atoms with Crippen LogP contribution in [-0.2, 0) is 17.6 Å². The smallest absolute Gasteiger partial charge is 0.227 e. The molecule has 8 nitrogen and oxygen atoms in total. The first kappa shape index (κ1) is 18.5. The second-order valence-electron chi connectivity index (χ2n) is 8.20. The van der Waals surface area contributed by atoms with Crippen LogP contribution >= 0.6 is 0 Å². The van der Waals surface area contributed by atoms with E-state index in [1.165, 1.54) is 24.1 Å². The van der Waals surface area contributed by atoms with Crippen molar-refractivity contribution in [2.75, 3.05) is 61.1 Å². The highest BCUT2D eigenvalue weighted by atomic mass is 16.5. The highest BCUT2D eigenvalue weighted by Gasteiger charge is 2.29. The molecule has 0 bridgehead atoms. The highest BCUT2D eigenvalue weighted by Crippen LogP contribution is 2.27. The summed E-state index contributed by atoms with van der Waals surface area (Å²) in [5.74, 6) is 2.80. The number of morpholine rings is 1. The molecule has 0 aromatic carbocycles. The number of hydrogen-bond acceptors (Lipinski definition) is 8. The summed E-state index contributed by atoms with van der Waals surface area (Å²) in [4.78, 5) is 16.2. The van der Waals surface area contributed by atoms with Gasteiger partial charge in [0, 0.05) is 45.5 Å². The van der Waals surface area contributed by atoms with E-state index in [1.54, 1.807) is 0 Å². The first-order valence-corrected chi connectivity index (χ1v) is 10.8. The molecule has 29 heavy (non-hydrogen) atoms. The minimum Gasteiger partial charge on any atom is -0.378 e. The molecule has 2 fully saturated rings. The van der Waals surface area contributed by atoms with Crippen LogP contribution in [0.2, 0.25) is 0 Å². The summed E-state index contributed by atoms with van der Waals surface area (Å²) in [6, 6.07) is 4.68. The molecule has 0 spiro atoms. The van der Waals surface area contributed by atoms with Gasteiger partial charge in [0.15, 0.2) is 5.82 Å². The number of hydrogen-bond donors (Lipinski definition) is 0. The number of likely N-dealkylation sites (N-methyl/N-ethyl adjacent to an activating group) is 1. The average molecular weight is 396 g/mol. The lowest BCUT2D eigenvalue weighted by atomic mass is 9.97. The Morgan fingerprint density at radius 2 is 1.93 bits per heavy atom. The minimum absolute atomic E-state index is 0.403. The number of ether oxygens (including phenoxy) is 1. The third-order valence-electron chi connectivity index (χ3n) is 6.38. The van der Waals surface area contributed by atoms with Gasteiger partial charge in [-0.3, -0.25) is 0 Å². The Morgan fingerprint density at radius 1 is 1.07 bits per heavy atom. The van der Waals surface area contributed by atoms with Crippen molar-refractivity contribution in [1.82, 2.24) is 20.2 Å². The summed E-state index contributed by atoms with van der Waals surface area (Å²) < 4.78 is 5.44. The van der Waals surface area contributed by atoms with E-state index in [4.69, 9.17) is 9.72 Å². The summed E-state index contributed by atoms with van der Waals surface area (Å²) in [5, 5.41) is 9.04. The monoisotopic (exact) mass is 395 g/mol. The SMILES string of the molecule is CN(c1ccnc(N2CCOCC2)n1)C1CCN(c2cc3c(nn2)CCCC3)C1. The molecule has 2 aliphatic heterocycles. The third-order valence-corrected chi connectivity index (χ3v) is 6.38. The van der Waals surface area contributed by atoms with Crippen LogP contribution in [0.25, 0.3) is 0 Å². The molecule has 0 N–H and O–H groups in total. The van der Waals surface area contributed by atoms with Crippen molar-refractivity contribution < 1.29 is 4.74 Å². The summed E-state index contributed by atoms with van der Waals surface area (Å²) in [6.07, 6.45) is 7.68. The van der Waals surface area contributed by atoms with Crippen molar-refractivity contribution in [3.63, 3.8) is 0 Å². The zero-order valence-corrected chi connectivity index (χ0v) is 17.1. The van der Waals surface area contributed by atoms with Crippen molar-refractivity contribution in [3.05, 3.63) is 29.6 Å². The fraction of sp³-hybridized carbons (Fsp3) is 0.619. The Bertz CT molecular complexity index is 855. The fourth-order valence-corrected chi connectivity index (χ4v) is 4.54. The van der Waals surface area contributed by atoms with E-state index in [0.717, 1.165) is 76.2 Å². The van der Waals surface area contributed by atoms with Gasteiger partial charge in [-0.05, 0) is 49.8 Å². The van der Waals surface area contributed by atoms with Crippen molar-refractivity contribution in [1.29, 1.82) is 0 Å². The standard InChI is InChI=1S/C21H29N7O/c1-26(19-6-8-22-21(23-19)27-10-12-29-13-11-27)17-7-9-28(15-17)20-14-16-4-2-3-5-18(16)24-25-20/h6,8,14,17H,2-5,7,9-13,15H2,1H3.